The largest absolute Gasteiger partial charge is 0.494 e. The second-order valence-corrected chi connectivity index (χ2v) is 12.9. The van der Waals surface area contributed by atoms with Crippen LogP contribution in [0.15, 0.2) is 86.7 Å². The van der Waals surface area contributed by atoms with E-state index in [4.69, 9.17) is 19.6 Å². The van der Waals surface area contributed by atoms with E-state index in [0.29, 0.717) is 37.6 Å². The van der Waals surface area contributed by atoms with Gasteiger partial charge in [-0.3, -0.25) is 4.79 Å². The molecule has 0 aliphatic carbocycles. The van der Waals surface area contributed by atoms with Gasteiger partial charge in [0.05, 0.1) is 6.61 Å². The topological polar surface area (TPSA) is 80.2 Å². The van der Waals surface area contributed by atoms with Crippen molar-refractivity contribution in [2.24, 2.45) is 10.4 Å². The van der Waals surface area contributed by atoms with Gasteiger partial charge in [0.1, 0.15) is 5.75 Å². The van der Waals surface area contributed by atoms with Crippen LogP contribution in [0.5, 0.6) is 5.75 Å². The number of nitrogens with one attached hydrogen (secondary N) is 1. The standard InChI is InChI=1S/C32H36Br2N2O4/c1-31(2,3)17-18-35-30(38)32(21-24-7-4-5-8-27(24)34)28(22-9-13-25(33)14-10-22)40-29(36-32)23-11-15-26(16-12-23)39-20-6-19-37/h4-5,7-16,28,37H,6,17-21H2,1-3H3,(H,35,38)/t28-,32-/m1/s1. The minimum absolute atomic E-state index is 0.0790. The zero-order valence-electron chi connectivity index (χ0n) is 23.1. The van der Waals surface area contributed by atoms with Crippen molar-refractivity contribution < 1.29 is 19.4 Å². The van der Waals surface area contributed by atoms with Crippen molar-refractivity contribution in [3.8, 4) is 5.75 Å². The van der Waals surface area contributed by atoms with Gasteiger partial charge in [0.15, 0.2) is 11.6 Å². The van der Waals surface area contributed by atoms with Crippen LogP contribution in [-0.2, 0) is 16.0 Å². The summed E-state index contributed by atoms with van der Waals surface area (Å²) in [5.74, 6) is 0.937. The van der Waals surface area contributed by atoms with Crippen LogP contribution >= 0.6 is 31.9 Å². The average Bonchev–Trinajstić information content (AvgIpc) is 3.31. The van der Waals surface area contributed by atoms with Gasteiger partial charge in [0.2, 0.25) is 5.90 Å². The Balaban J connectivity index is 1.76. The van der Waals surface area contributed by atoms with E-state index < -0.39 is 11.6 Å². The number of hydrogen-bond acceptors (Lipinski definition) is 5. The molecule has 212 valence electrons. The highest BCUT2D eigenvalue weighted by molar-refractivity contribution is 9.10. The van der Waals surface area contributed by atoms with Gasteiger partial charge >= 0.3 is 0 Å². The summed E-state index contributed by atoms with van der Waals surface area (Å²) in [5, 5.41) is 12.2. The van der Waals surface area contributed by atoms with Gasteiger partial charge in [-0.25, -0.2) is 4.99 Å². The minimum atomic E-state index is -1.23. The Morgan fingerprint density at radius 3 is 2.40 bits per heavy atom. The first-order chi connectivity index (χ1) is 19.1. The molecule has 0 saturated carbocycles. The molecule has 0 unspecified atom stereocenters. The molecule has 0 spiro atoms. The van der Waals surface area contributed by atoms with Crippen molar-refractivity contribution >= 4 is 43.7 Å². The van der Waals surface area contributed by atoms with E-state index in [1.54, 1.807) is 0 Å². The number of benzene rings is 3. The molecule has 8 heteroatoms. The summed E-state index contributed by atoms with van der Waals surface area (Å²) in [6, 6.07) is 23.3. The number of amides is 1. The molecule has 0 bridgehead atoms. The van der Waals surface area contributed by atoms with Crippen molar-refractivity contribution in [2.45, 2.75) is 51.7 Å². The van der Waals surface area contributed by atoms with Gasteiger partial charge in [0, 0.05) is 40.5 Å². The maximum atomic E-state index is 14.2. The van der Waals surface area contributed by atoms with Gasteiger partial charge < -0.3 is 19.9 Å². The Morgan fingerprint density at radius 2 is 1.75 bits per heavy atom. The van der Waals surface area contributed by atoms with Crippen molar-refractivity contribution in [3.05, 3.63) is 98.4 Å². The fraction of sp³-hybridized carbons (Fsp3) is 0.375. The maximum Gasteiger partial charge on any atom is 0.252 e. The number of aliphatic imine (C=N–C) groups is 1. The number of carbonyl (C=O) groups is 1. The van der Waals surface area contributed by atoms with Gasteiger partial charge in [-0.1, -0.05) is 83.0 Å². The smallest absolute Gasteiger partial charge is 0.252 e. The predicted octanol–water partition coefficient (Wildman–Crippen LogP) is 7.02. The molecule has 0 saturated heterocycles. The van der Waals surface area contributed by atoms with Crippen LogP contribution in [0.1, 0.15) is 56.4 Å². The predicted molar refractivity (Wildman–Crippen MR) is 166 cm³/mol. The lowest BCUT2D eigenvalue weighted by Gasteiger charge is -2.31. The van der Waals surface area contributed by atoms with E-state index in [2.05, 4.69) is 57.9 Å². The molecule has 1 amide bonds. The molecule has 40 heavy (non-hydrogen) atoms. The van der Waals surface area contributed by atoms with E-state index >= 15 is 0 Å². The quantitative estimate of drug-likeness (QED) is 0.215. The van der Waals surface area contributed by atoms with Crippen LogP contribution in [0.4, 0.5) is 0 Å². The van der Waals surface area contributed by atoms with E-state index in [0.717, 1.165) is 32.1 Å². The highest BCUT2D eigenvalue weighted by Gasteiger charge is 2.53. The zero-order chi connectivity index (χ0) is 28.8. The lowest BCUT2D eigenvalue weighted by molar-refractivity contribution is -0.129. The Morgan fingerprint density at radius 1 is 1.05 bits per heavy atom. The van der Waals surface area contributed by atoms with Gasteiger partial charge in [-0.05, 0) is 65.4 Å². The fourth-order valence-corrected chi connectivity index (χ4v) is 5.25. The van der Waals surface area contributed by atoms with Crippen LogP contribution in [0, 0.1) is 5.41 Å². The zero-order valence-corrected chi connectivity index (χ0v) is 26.3. The number of halogens is 2. The monoisotopic (exact) mass is 670 g/mol. The molecule has 1 aliphatic heterocycles. The number of nitrogens with zero attached hydrogens (tertiary/aromatic N) is 1. The summed E-state index contributed by atoms with van der Waals surface area (Å²) < 4.78 is 14.1. The molecule has 0 aromatic heterocycles. The molecular weight excluding hydrogens is 636 g/mol. The summed E-state index contributed by atoms with van der Waals surface area (Å²) >= 11 is 7.20. The van der Waals surface area contributed by atoms with Gasteiger partial charge in [0.25, 0.3) is 5.91 Å². The Bertz CT molecular complexity index is 1320. The van der Waals surface area contributed by atoms with Crippen molar-refractivity contribution in [2.75, 3.05) is 19.8 Å². The minimum Gasteiger partial charge on any atom is -0.494 e. The molecule has 0 radical (unpaired) electrons. The van der Waals surface area contributed by atoms with Gasteiger partial charge in [-0.15, -0.1) is 0 Å². The van der Waals surface area contributed by atoms with Crippen LogP contribution in [0.3, 0.4) is 0 Å². The summed E-state index contributed by atoms with van der Waals surface area (Å²) in [5.41, 5.74) is 1.44. The number of hydrogen-bond donors (Lipinski definition) is 2. The number of carbonyl (C=O) groups excluding carboxylic acids is 1. The summed E-state index contributed by atoms with van der Waals surface area (Å²) in [6.07, 6.45) is 1.11. The summed E-state index contributed by atoms with van der Waals surface area (Å²) in [4.78, 5) is 19.3. The third-order valence-corrected chi connectivity index (χ3v) is 8.08. The maximum absolute atomic E-state index is 14.2. The van der Waals surface area contributed by atoms with Crippen molar-refractivity contribution in [1.82, 2.24) is 5.32 Å². The number of aliphatic hydroxyl groups excluding tert-OH is 1. The number of aliphatic hydroxyl groups is 1. The molecule has 6 nitrogen and oxygen atoms in total. The van der Waals surface area contributed by atoms with E-state index in [1.165, 1.54) is 0 Å². The van der Waals surface area contributed by atoms with Gasteiger partial charge in [-0.2, -0.15) is 0 Å². The molecule has 0 fully saturated rings. The van der Waals surface area contributed by atoms with Crippen LogP contribution in [-0.4, -0.2) is 42.2 Å². The Hall–Kier alpha value is -2.68. The van der Waals surface area contributed by atoms with Crippen molar-refractivity contribution in [1.29, 1.82) is 0 Å². The third kappa shape index (κ3) is 7.53. The van der Waals surface area contributed by atoms with Crippen LogP contribution in [0.25, 0.3) is 0 Å². The lowest BCUT2D eigenvalue weighted by Crippen LogP contribution is -2.50. The first-order valence-electron chi connectivity index (χ1n) is 13.5. The second kappa shape index (κ2) is 13.3. The molecule has 3 aromatic rings. The van der Waals surface area contributed by atoms with Crippen LogP contribution < -0.4 is 10.1 Å². The molecule has 4 rings (SSSR count). The normalized spacial score (nSPS) is 18.6. The van der Waals surface area contributed by atoms with Crippen molar-refractivity contribution in [3.63, 3.8) is 0 Å². The molecule has 2 N–H and O–H groups in total. The van der Waals surface area contributed by atoms with E-state index in [1.807, 2.05) is 72.8 Å². The highest BCUT2D eigenvalue weighted by atomic mass is 79.9. The Kier molecular flexibility index (Phi) is 10.1. The first-order valence-corrected chi connectivity index (χ1v) is 15.1. The fourth-order valence-electron chi connectivity index (χ4n) is 4.56. The van der Waals surface area contributed by atoms with E-state index in [9.17, 15) is 4.79 Å². The molecule has 3 aromatic carbocycles. The first kappa shape index (κ1) is 30.3. The SMILES string of the molecule is CC(C)(C)CCNC(=O)[C@]1(Cc2ccccc2Br)N=C(c2ccc(OCCCO)cc2)O[C@@H]1c1ccc(Br)cc1. The average molecular weight is 672 g/mol. The summed E-state index contributed by atoms with van der Waals surface area (Å²) in [7, 11) is 0. The molecular formula is C32H36Br2N2O4. The number of rotatable bonds is 11. The summed E-state index contributed by atoms with van der Waals surface area (Å²) in [6.45, 7) is 7.53. The highest BCUT2D eigenvalue weighted by Crippen LogP contribution is 2.43. The molecule has 1 heterocycles. The molecule has 2 atom stereocenters. The third-order valence-electron chi connectivity index (χ3n) is 6.78. The van der Waals surface area contributed by atoms with E-state index in [-0.39, 0.29) is 17.9 Å². The Labute approximate surface area is 253 Å². The second-order valence-electron chi connectivity index (χ2n) is 11.2. The molecule has 1 aliphatic rings. The lowest BCUT2D eigenvalue weighted by atomic mass is 9.81. The van der Waals surface area contributed by atoms with Crippen LogP contribution in [0.2, 0.25) is 0 Å². The number of ether oxygens (including phenoxy) is 2.